The molecule has 2 rings (SSSR count). The van der Waals surface area contributed by atoms with E-state index in [1.807, 2.05) is 0 Å². The largest absolute Gasteiger partial charge is 0.241 e. The van der Waals surface area contributed by atoms with Crippen molar-refractivity contribution >= 4 is 33.2 Å². The van der Waals surface area contributed by atoms with Gasteiger partial charge in [-0.25, -0.2) is 18.2 Å². The summed E-state index contributed by atoms with van der Waals surface area (Å²) in [6, 6.07) is 4.92. The number of nitrogens with zero attached hydrogens (tertiary/aromatic N) is 2. The average Bonchev–Trinajstić information content (AvgIpc) is 2.57. The van der Waals surface area contributed by atoms with E-state index in [0.717, 1.165) is 0 Å². The van der Waals surface area contributed by atoms with Crippen LogP contribution in [0.4, 0.5) is 0 Å². The van der Waals surface area contributed by atoms with E-state index in [9.17, 15) is 8.42 Å². The lowest BCUT2D eigenvalue weighted by atomic mass is 10.3. The number of benzene rings is 1. The Balaban J connectivity index is 2.68. The van der Waals surface area contributed by atoms with Crippen LogP contribution in [-0.2, 0) is 10.0 Å². The second kappa shape index (κ2) is 4.79. The normalized spacial score (nSPS) is 11.8. The van der Waals surface area contributed by atoms with Gasteiger partial charge in [0.05, 0.1) is 27.1 Å². The second-order valence-corrected chi connectivity index (χ2v) is 6.37. The zero-order valence-electron chi connectivity index (χ0n) is 10.2. The molecule has 102 valence electrons. The Morgan fingerprint density at radius 2 is 1.84 bits per heavy atom. The van der Waals surface area contributed by atoms with Gasteiger partial charge in [-0.3, -0.25) is 0 Å². The van der Waals surface area contributed by atoms with E-state index in [4.69, 9.17) is 28.3 Å². The third-order valence-corrected chi connectivity index (χ3v) is 4.56. The van der Waals surface area contributed by atoms with Gasteiger partial charge in [-0.2, -0.15) is 5.10 Å². The van der Waals surface area contributed by atoms with Gasteiger partial charge >= 0.3 is 0 Å². The topological polar surface area (TPSA) is 78.0 Å². The fourth-order valence-corrected chi connectivity index (χ4v) is 3.15. The van der Waals surface area contributed by atoms with E-state index in [0.29, 0.717) is 27.1 Å². The van der Waals surface area contributed by atoms with Gasteiger partial charge in [0.2, 0.25) is 10.0 Å². The molecule has 0 saturated heterocycles. The number of sulfonamides is 1. The second-order valence-electron chi connectivity index (χ2n) is 4.06. The third kappa shape index (κ3) is 2.62. The van der Waals surface area contributed by atoms with Gasteiger partial charge in [-0.05, 0) is 32.0 Å². The molecule has 0 saturated carbocycles. The van der Waals surface area contributed by atoms with Crippen molar-refractivity contribution in [3.05, 3.63) is 39.6 Å². The Kier molecular flexibility index (Phi) is 3.61. The van der Waals surface area contributed by atoms with Crippen molar-refractivity contribution in [2.45, 2.75) is 18.7 Å². The quantitative estimate of drug-likeness (QED) is 0.923. The summed E-state index contributed by atoms with van der Waals surface area (Å²) < 4.78 is 24.5. The Hall–Kier alpha value is -1.08. The molecule has 19 heavy (non-hydrogen) atoms. The zero-order valence-corrected chi connectivity index (χ0v) is 12.5. The van der Waals surface area contributed by atoms with E-state index >= 15 is 0 Å². The third-order valence-electron chi connectivity index (χ3n) is 2.66. The maximum Gasteiger partial charge on any atom is 0.241 e. The summed E-state index contributed by atoms with van der Waals surface area (Å²) >= 11 is 11.8. The molecule has 2 aromatic rings. The van der Waals surface area contributed by atoms with E-state index in [1.165, 1.54) is 4.68 Å². The van der Waals surface area contributed by atoms with Gasteiger partial charge in [0, 0.05) is 0 Å². The van der Waals surface area contributed by atoms with Crippen LogP contribution >= 0.6 is 23.2 Å². The average molecular weight is 320 g/mol. The smallest absolute Gasteiger partial charge is 0.236 e. The molecule has 0 unspecified atom stereocenters. The van der Waals surface area contributed by atoms with Crippen LogP contribution in [0.1, 0.15) is 11.4 Å². The van der Waals surface area contributed by atoms with Crippen molar-refractivity contribution < 1.29 is 8.42 Å². The monoisotopic (exact) mass is 319 g/mol. The zero-order chi connectivity index (χ0) is 14.4. The van der Waals surface area contributed by atoms with Gasteiger partial charge in [0.25, 0.3) is 0 Å². The van der Waals surface area contributed by atoms with Crippen LogP contribution in [0.5, 0.6) is 0 Å². The van der Waals surface area contributed by atoms with Gasteiger partial charge < -0.3 is 0 Å². The number of rotatable bonds is 2. The van der Waals surface area contributed by atoms with Crippen molar-refractivity contribution in [3.8, 4) is 5.69 Å². The van der Waals surface area contributed by atoms with Gasteiger partial charge in [-0.1, -0.05) is 23.2 Å². The van der Waals surface area contributed by atoms with Crippen molar-refractivity contribution in [2.24, 2.45) is 5.14 Å². The number of nitrogens with two attached hydrogens (primary N) is 1. The lowest BCUT2D eigenvalue weighted by Crippen LogP contribution is -2.14. The van der Waals surface area contributed by atoms with Crippen molar-refractivity contribution in [1.29, 1.82) is 0 Å². The fourth-order valence-electron chi connectivity index (χ4n) is 1.91. The minimum absolute atomic E-state index is 0.0265. The minimum atomic E-state index is -3.81. The maximum atomic E-state index is 11.5. The van der Waals surface area contributed by atoms with E-state index in [-0.39, 0.29) is 4.90 Å². The molecule has 0 aliphatic heterocycles. The van der Waals surface area contributed by atoms with Crippen LogP contribution in [0.2, 0.25) is 10.0 Å². The molecule has 2 N–H and O–H groups in total. The van der Waals surface area contributed by atoms with Crippen LogP contribution < -0.4 is 5.14 Å². The number of aryl methyl sites for hydroxylation is 1. The van der Waals surface area contributed by atoms with Gasteiger partial charge in [-0.15, -0.1) is 0 Å². The lowest BCUT2D eigenvalue weighted by molar-refractivity contribution is 0.596. The summed E-state index contributed by atoms with van der Waals surface area (Å²) in [6.07, 6.45) is 0. The molecule has 0 radical (unpaired) electrons. The van der Waals surface area contributed by atoms with Crippen molar-refractivity contribution in [2.75, 3.05) is 0 Å². The molecule has 0 amide bonds. The van der Waals surface area contributed by atoms with Gasteiger partial charge in [0.1, 0.15) is 4.90 Å². The highest BCUT2D eigenvalue weighted by molar-refractivity contribution is 7.89. The standard InChI is InChI=1S/C11H11Cl2N3O2S/c1-6-11(19(14,17)18)7(2)16(15-6)8-3-4-9(12)10(13)5-8/h3-5H,1-2H3,(H2,14,17,18). The predicted molar refractivity (Wildman–Crippen MR) is 74.4 cm³/mol. The van der Waals surface area contributed by atoms with Crippen molar-refractivity contribution in [3.63, 3.8) is 0 Å². The summed E-state index contributed by atoms with van der Waals surface area (Å²) in [5.74, 6) is 0. The highest BCUT2D eigenvalue weighted by atomic mass is 35.5. The summed E-state index contributed by atoms with van der Waals surface area (Å²) in [5, 5.41) is 10.1. The molecule has 0 aliphatic carbocycles. The first kappa shape index (κ1) is 14.3. The first-order valence-electron chi connectivity index (χ1n) is 5.26. The Morgan fingerprint density at radius 1 is 1.21 bits per heavy atom. The van der Waals surface area contributed by atoms with E-state index in [1.54, 1.807) is 32.0 Å². The Bertz CT molecular complexity index is 754. The molecule has 5 nitrogen and oxygen atoms in total. The molecular weight excluding hydrogens is 309 g/mol. The summed E-state index contributed by atoms with van der Waals surface area (Å²) in [7, 11) is -3.81. The molecule has 1 aromatic carbocycles. The molecule has 1 aromatic heterocycles. The van der Waals surface area contributed by atoms with Crippen LogP contribution in [-0.4, -0.2) is 18.2 Å². The number of halogens is 2. The van der Waals surface area contributed by atoms with E-state index < -0.39 is 10.0 Å². The summed E-state index contributed by atoms with van der Waals surface area (Å²) in [5.41, 5.74) is 1.38. The summed E-state index contributed by atoms with van der Waals surface area (Å²) in [4.78, 5) is 0.0265. The fraction of sp³-hybridized carbons (Fsp3) is 0.182. The summed E-state index contributed by atoms with van der Waals surface area (Å²) in [6.45, 7) is 3.21. The lowest BCUT2D eigenvalue weighted by Gasteiger charge is -2.06. The van der Waals surface area contributed by atoms with Crippen molar-refractivity contribution in [1.82, 2.24) is 9.78 Å². The highest BCUT2D eigenvalue weighted by Crippen LogP contribution is 2.27. The van der Waals surface area contributed by atoms with Gasteiger partial charge in [0.15, 0.2) is 0 Å². The minimum Gasteiger partial charge on any atom is -0.236 e. The highest BCUT2D eigenvalue weighted by Gasteiger charge is 2.21. The number of primary sulfonamides is 1. The molecule has 0 atom stereocenters. The number of aromatic nitrogens is 2. The van der Waals surface area contributed by atoms with Crippen LogP contribution in [0, 0.1) is 13.8 Å². The SMILES string of the molecule is Cc1nn(-c2ccc(Cl)c(Cl)c2)c(C)c1S(N)(=O)=O. The Morgan fingerprint density at radius 3 is 2.32 bits per heavy atom. The van der Waals surface area contributed by atoms with E-state index in [2.05, 4.69) is 5.10 Å². The molecule has 0 bridgehead atoms. The number of hydrogen-bond donors (Lipinski definition) is 1. The molecular formula is C11H11Cl2N3O2S. The molecule has 1 heterocycles. The number of hydrogen-bond acceptors (Lipinski definition) is 3. The molecule has 0 spiro atoms. The van der Waals surface area contributed by atoms with Crippen LogP contribution in [0.15, 0.2) is 23.1 Å². The first-order valence-corrected chi connectivity index (χ1v) is 7.56. The molecule has 0 aliphatic rings. The maximum absolute atomic E-state index is 11.5. The molecule has 8 heteroatoms. The first-order chi connectivity index (χ1) is 8.71. The Labute approximate surface area is 121 Å². The van der Waals surface area contributed by atoms with Crippen LogP contribution in [0.25, 0.3) is 5.69 Å². The predicted octanol–water partition coefficient (Wildman–Crippen LogP) is 2.44. The molecule has 0 fully saturated rings. The van der Waals surface area contributed by atoms with Crippen LogP contribution in [0.3, 0.4) is 0 Å².